The van der Waals surface area contributed by atoms with Crippen LogP contribution in [0.25, 0.3) is 32.5 Å². The molecule has 0 amide bonds. The Morgan fingerprint density at radius 2 is 1.37 bits per heavy atom. The Hall–Kier alpha value is -3.50. The van der Waals surface area contributed by atoms with E-state index in [-0.39, 0.29) is 0 Å². The number of nitrogens with zero attached hydrogens (tertiary/aromatic N) is 2. The first-order chi connectivity index (χ1) is 14.9. The van der Waals surface area contributed by atoms with E-state index in [1.165, 1.54) is 27.8 Å². The van der Waals surface area contributed by atoms with Crippen molar-refractivity contribution < 1.29 is 0 Å². The molecule has 3 aromatic carbocycles. The van der Waals surface area contributed by atoms with E-state index >= 15 is 0 Å². The molecule has 0 unspecified atom stereocenters. The summed E-state index contributed by atoms with van der Waals surface area (Å²) >= 11 is 1.66. The van der Waals surface area contributed by atoms with Crippen LogP contribution in [-0.2, 0) is 6.42 Å². The standard InChI is InChI=1S/C26H21N3S/c1-3-7-19(8-4-1)15-16-27-25-24-23(17-30-26(24)29-18-28-25)22-13-11-21(12-14-22)20-9-5-2-6-10-20/h1-14,17-18H,15-16H2,(H,27,28,29). The molecule has 0 aliphatic rings. The fourth-order valence-corrected chi connectivity index (χ4v) is 4.58. The van der Waals surface area contributed by atoms with Gasteiger partial charge in [-0.25, -0.2) is 9.97 Å². The van der Waals surface area contributed by atoms with E-state index in [1.807, 2.05) is 12.1 Å². The van der Waals surface area contributed by atoms with Gasteiger partial charge in [0.2, 0.25) is 0 Å². The predicted molar refractivity (Wildman–Crippen MR) is 127 cm³/mol. The molecule has 0 aliphatic heterocycles. The Bertz CT molecular complexity index is 1250. The zero-order valence-electron chi connectivity index (χ0n) is 16.5. The maximum Gasteiger partial charge on any atom is 0.138 e. The predicted octanol–water partition coefficient (Wildman–Crippen LogP) is 6.68. The van der Waals surface area contributed by atoms with Crippen LogP contribution < -0.4 is 5.32 Å². The molecule has 2 aromatic heterocycles. The smallest absolute Gasteiger partial charge is 0.138 e. The number of thiophene rings is 1. The highest BCUT2D eigenvalue weighted by molar-refractivity contribution is 7.17. The van der Waals surface area contributed by atoms with E-state index in [0.29, 0.717) is 0 Å². The van der Waals surface area contributed by atoms with Crippen molar-refractivity contribution in [1.29, 1.82) is 0 Å². The summed E-state index contributed by atoms with van der Waals surface area (Å²) in [5.41, 5.74) is 6.12. The quantitative estimate of drug-likeness (QED) is 0.341. The van der Waals surface area contributed by atoms with E-state index in [1.54, 1.807) is 17.7 Å². The van der Waals surface area contributed by atoms with Gasteiger partial charge in [0.1, 0.15) is 17.0 Å². The van der Waals surface area contributed by atoms with Gasteiger partial charge in [-0.2, -0.15) is 0 Å². The molecule has 0 bridgehead atoms. The van der Waals surface area contributed by atoms with Crippen LogP contribution in [0.15, 0.2) is 96.6 Å². The van der Waals surface area contributed by atoms with E-state index in [2.05, 4.69) is 93.5 Å². The van der Waals surface area contributed by atoms with E-state index in [9.17, 15) is 0 Å². The second-order valence-electron chi connectivity index (χ2n) is 7.16. The highest BCUT2D eigenvalue weighted by Gasteiger charge is 2.13. The van der Waals surface area contributed by atoms with Gasteiger partial charge in [0, 0.05) is 17.5 Å². The van der Waals surface area contributed by atoms with Crippen LogP contribution in [0.2, 0.25) is 0 Å². The molecule has 1 N–H and O–H groups in total. The molecule has 0 saturated carbocycles. The molecule has 0 atom stereocenters. The number of fused-ring (bicyclic) bond motifs is 1. The highest BCUT2D eigenvalue weighted by atomic mass is 32.1. The van der Waals surface area contributed by atoms with Crippen molar-refractivity contribution in [2.75, 3.05) is 11.9 Å². The number of nitrogens with one attached hydrogen (secondary N) is 1. The first-order valence-electron chi connectivity index (χ1n) is 10.0. The Balaban J connectivity index is 1.42. The Morgan fingerprint density at radius 3 is 2.13 bits per heavy atom. The van der Waals surface area contributed by atoms with Gasteiger partial charge in [0.15, 0.2) is 0 Å². The van der Waals surface area contributed by atoms with Gasteiger partial charge in [0.25, 0.3) is 0 Å². The number of hydrogen-bond donors (Lipinski definition) is 1. The minimum atomic E-state index is 0.832. The van der Waals surface area contributed by atoms with Crippen molar-refractivity contribution in [3.8, 4) is 22.3 Å². The zero-order chi connectivity index (χ0) is 20.2. The number of rotatable bonds is 6. The molecule has 0 aliphatic carbocycles. The van der Waals surface area contributed by atoms with Gasteiger partial charge in [-0.1, -0.05) is 84.9 Å². The molecule has 5 rings (SSSR count). The van der Waals surface area contributed by atoms with Crippen LogP contribution in [0.1, 0.15) is 5.56 Å². The molecule has 30 heavy (non-hydrogen) atoms. The summed E-state index contributed by atoms with van der Waals surface area (Å²) in [4.78, 5) is 10.0. The third-order valence-electron chi connectivity index (χ3n) is 5.22. The van der Waals surface area contributed by atoms with Gasteiger partial charge in [-0.3, -0.25) is 0 Å². The first-order valence-corrected chi connectivity index (χ1v) is 10.9. The lowest BCUT2D eigenvalue weighted by Crippen LogP contribution is -2.06. The lowest BCUT2D eigenvalue weighted by atomic mass is 10.0. The SMILES string of the molecule is c1ccc(CCNc2ncnc3scc(-c4ccc(-c5ccccc5)cc4)c23)cc1. The van der Waals surface area contributed by atoms with Gasteiger partial charge in [-0.15, -0.1) is 11.3 Å². The van der Waals surface area contributed by atoms with Crippen molar-refractivity contribution in [3.05, 3.63) is 102 Å². The second-order valence-corrected chi connectivity index (χ2v) is 8.02. The van der Waals surface area contributed by atoms with Gasteiger partial charge in [0.05, 0.1) is 5.39 Å². The molecule has 5 aromatic rings. The number of anilines is 1. The minimum Gasteiger partial charge on any atom is -0.369 e. The van der Waals surface area contributed by atoms with Gasteiger partial charge in [-0.05, 0) is 28.7 Å². The monoisotopic (exact) mass is 407 g/mol. The summed E-state index contributed by atoms with van der Waals surface area (Å²) in [6, 6.07) is 29.7. The fourth-order valence-electron chi connectivity index (χ4n) is 3.66. The molecule has 0 fully saturated rings. The van der Waals surface area contributed by atoms with Crippen molar-refractivity contribution >= 4 is 27.4 Å². The normalized spacial score (nSPS) is 10.9. The van der Waals surface area contributed by atoms with Crippen LogP contribution in [-0.4, -0.2) is 16.5 Å². The average Bonchev–Trinajstić information content (AvgIpc) is 3.26. The van der Waals surface area contributed by atoms with Gasteiger partial charge >= 0.3 is 0 Å². The van der Waals surface area contributed by atoms with Crippen LogP contribution in [0.4, 0.5) is 5.82 Å². The first kappa shape index (κ1) is 18.5. The fraction of sp³-hybridized carbons (Fsp3) is 0.0769. The molecule has 2 heterocycles. The molecular weight excluding hydrogens is 386 g/mol. The molecule has 4 heteroatoms. The maximum absolute atomic E-state index is 4.55. The molecule has 0 saturated heterocycles. The topological polar surface area (TPSA) is 37.8 Å². The molecule has 3 nitrogen and oxygen atoms in total. The van der Waals surface area contributed by atoms with Crippen LogP contribution in [0.3, 0.4) is 0 Å². The molecule has 0 radical (unpaired) electrons. The van der Waals surface area contributed by atoms with Crippen molar-refractivity contribution in [3.63, 3.8) is 0 Å². The Morgan fingerprint density at radius 1 is 0.700 bits per heavy atom. The summed E-state index contributed by atoms with van der Waals surface area (Å²) < 4.78 is 0. The van der Waals surface area contributed by atoms with Crippen LogP contribution >= 0.6 is 11.3 Å². The summed E-state index contributed by atoms with van der Waals surface area (Å²) in [5, 5.41) is 6.81. The minimum absolute atomic E-state index is 0.832. The van der Waals surface area contributed by atoms with Crippen LogP contribution in [0, 0.1) is 0 Å². The largest absolute Gasteiger partial charge is 0.369 e. The molecular formula is C26H21N3S. The number of benzene rings is 3. The van der Waals surface area contributed by atoms with Crippen molar-refractivity contribution in [1.82, 2.24) is 9.97 Å². The van der Waals surface area contributed by atoms with Gasteiger partial charge < -0.3 is 5.32 Å². The zero-order valence-corrected chi connectivity index (χ0v) is 17.3. The van der Waals surface area contributed by atoms with Crippen LogP contribution in [0.5, 0.6) is 0 Å². The Labute approximate surface area is 180 Å². The summed E-state index contributed by atoms with van der Waals surface area (Å²) in [6.45, 7) is 0.832. The molecule has 0 spiro atoms. The van der Waals surface area contributed by atoms with E-state index in [0.717, 1.165) is 29.0 Å². The highest BCUT2D eigenvalue weighted by Crippen LogP contribution is 2.37. The van der Waals surface area contributed by atoms with E-state index < -0.39 is 0 Å². The van der Waals surface area contributed by atoms with E-state index in [4.69, 9.17) is 0 Å². The second kappa shape index (κ2) is 8.47. The van der Waals surface area contributed by atoms with Crippen molar-refractivity contribution in [2.24, 2.45) is 0 Å². The third kappa shape index (κ3) is 3.82. The lowest BCUT2D eigenvalue weighted by Gasteiger charge is -2.09. The number of hydrogen-bond acceptors (Lipinski definition) is 4. The third-order valence-corrected chi connectivity index (χ3v) is 6.11. The number of aromatic nitrogens is 2. The average molecular weight is 408 g/mol. The summed E-state index contributed by atoms with van der Waals surface area (Å²) in [6.07, 6.45) is 2.60. The maximum atomic E-state index is 4.55. The summed E-state index contributed by atoms with van der Waals surface area (Å²) in [7, 11) is 0. The summed E-state index contributed by atoms with van der Waals surface area (Å²) in [5.74, 6) is 0.902. The molecule has 146 valence electrons. The Kier molecular flexibility index (Phi) is 5.23. The van der Waals surface area contributed by atoms with Crippen molar-refractivity contribution in [2.45, 2.75) is 6.42 Å². The lowest BCUT2D eigenvalue weighted by molar-refractivity contribution is 1.01.